The molecule has 0 radical (unpaired) electrons. The number of alkyl halides is 1. The molecule has 0 aliphatic rings. The molecule has 0 saturated heterocycles. The van der Waals surface area contributed by atoms with Crippen LogP contribution in [0.1, 0.15) is 8.61 Å². The number of halogens is 1. The summed E-state index contributed by atoms with van der Waals surface area (Å²) in [7, 11) is 0. The second-order valence-electron chi connectivity index (χ2n) is 1.21. The van der Waals surface area contributed by atoms with Crippen LogP contribution < -0.4 is 0 Å². The van der Waals surface area contributed by atoms with Crippen molar-refractivity contribution in [3.63, 3.8) is 0 Å². The van der Waals surface area contributed by atoms with Gasteiger partial charge in [0.2, 0.25) is 0 Å². The minimum Gasteiger partial charge on any atom is -1.00 e. The molecule has 1 aromatic heterocycles. The van der Waals surface area contributed by atoms with E-state index in [0.29, 0.717) is 0 Å². The fraction of sp³-hybridized carbons (Fsp3) is 0.200. The van der Waals surface area contributed by atoms with Gasteiger partial charge in [0.1, 0.15) is 5.76 Å². The SMILES string of the molecule is BrCc1ccco1.[H-].[H-].[Mg+2]. The molecule has 3 heteroatoms. The number of rotatable bonds is 1. The molecule has 0 spiro atoms. The Bertz CT molecular complexity index is 134. The first-order chi connectivity index (χ1) is 3.43. The summed E-state index contributed by atoms with van der Waals surface area (Å²) in [4.78, 5) is 0. The maximum Gasteiger partial charge on any atom is 2.00 e. The Morgan fingerprint density at radius 2 is 2.50 bits per heavy atom. The van der Waals surface area contributed by atoms with E-state index in [1.54, 1.807) is 6.26 Å². The Balaban J connectivity index is -0.000000163. The van der Waals surface area contributed by atoms with Gasteiger partial charge in [0, 0.05) is 0 Å². The van der Waals surface area contributed by atoms with Gasteiger partial charge in [0.05, 0.1) is 11.6 Å². The standard InChI is InChI=1S/C5H5BrO.Mg.2H/c6-4-5-2-1-3-7-5;;;/h1-3H,4H2;;;/q;+2;2*-1. The molecule has 1 nitrogen and oxygen atoms in total. The van der Waals surface area contributed by atoms with Crippen molar-refractivity contribution in [2.24, 2.45) is 0 Å². The average molecular weight is 187 g/mol. The molecule has 0 aliphatic heterocycles. The van der Waals surface area contributed by atoms with Gasteiger partial charge in [-0.05, 0) is 12.1 Å². The molecule has 0 aromatic carbocycles. The molecule has 0 atom stereocenters. The van der Waals surface area contributed by atoms with Gasteiger partial charge in [-0.15, -0.1) is 0 Å². The van der Waals surface area contributed by atoms with Gasteiger partial charge in [-0.25, -0.2) is 0 Å². The molecule has 1 aromatic rings. The van der Waals surface area contributed by atoms with Crippen LogP contribution in [0.25, 0.3) is 0 Å². The van der Waals surface area contributed by atoms with Gasteiger partial charge in [-0.1, -0.05) is 15.9 Å². The van der Waals surface area contributed by atoms with Crippen molar-refractivity contribution in [1.82, 2.24) is 0 Å². The van der Waals surface area contributed by atoms with E-state index in [-0.39, 0.29) is 25.9 Å². The molecule has 0 unspecified atom stereocenters. The van der Waals surface area contributed by atoms with E-state index in [9.17, 15) is 0 Å². The van der Waals surface area contributed by atoms with Crippen LogP contribution in [-0.4, -0.2) is 23.1 Å². The first-order valence-corrected chi connectivity index (χ1v) is 3.14. The van der Waals surface area contributed by atoms with Crippen LogP contribution in [0.4, 0.5) is 0 Å². The van der Waals surface area contributed by atoms with Crippen molar-refractivity contribution in [3.8, 4) is 0 Å². The third-order valence-corrected chi connectivity index (χ3v) is 1.26. The molecule has 1 rings (SSSR count). The fourth-order valence-corrected chi connectivity index (χ4v) is 0.708. The van der Waals surface area contributed by atoms with Crippen LogP contribution in [0.15, 0.2) is 22.8 Å². The zero-order valence-corrected chi connectivity index (χ0v) is 7.43. The van der Waals surface area contributed by atoms with Crippen LogP contribution in [0.2, 0.25) is 0 Å². The van der Waals surface area contributed by atoms with Gasteiger partial charge >= 0.3 is 23.1 Å². The minimum absolute atomic E-state index is 0. The molecule has 0 amide bonds. The Morgan fingerprint density at radius 3 is 2.75 bits per heavy atom. The zero-order valence-electron chi connectivity index (χ0n) is 6.43. The van der Waals surface area contributed by atoms with Crippen LogP contribution in [0.5, 0.6) is 0 Å². The number of hydrogen-bond acceptors (Lipinski definition) is 1. The van der Waals surface area contributed by atoms with Crippen molar-refractivity contribution in [2.45, 2.75) is 5.33 Å². The Kier molecular flexibility index (Phi) is 4.70. The monoisotopic (exact) mass is 186 g/mol. The predicted molar refractivity (Wildman–Crippen MR) is 39.3 cm³/mol. The normalized spacial score (nSPS) is 8.12. The van der Waals surface area contributed by atoms with E-state index in [4.69, 9.17) is 4.42 Å². The van der Waals surface area contributed by atoms with Gasteiger partial charge in [0.15, 0.2) is 0 Å². The first-order valence-electron chi connectivity index (χ1n) is 2.02. The summed E-state index contributed by atoms with van der Waals surface area (Å²) >= 11 is 3.24. The van der Waals surface area contributed by atoms with Gasteiger partial charge < -0.3 is 7.27 Å². The quantitative estimate of drug-likeness (QED) is 0.484. The van der Waals surface area contributed by atoms with Crippen molar-refractivity contribution in [1.29, 1.82) is 0 Å². The molecular weight excluding hydrogens is 180 g/mol. The van der Waals surface area contributed by atoms with E-state index < -0.39 is 0 Å². The largest absolute Gasteiger partial charge is 2.00 e. The Morgan fingerprint density at radius 1 is 1.75 bits per heavy atom. The molecule has 0 bridgehead atoms. The predicted octanol–water partition coefficient (Wildman–Crippen LogP) is 2.02. The van der Waals surface area contributed by atoms with Gasteiger partial charge in [-0.2, -0.15) is 0 Å². The fourth-order valence-electron chi connectivity index (χ4n) is 0.389. The van der Waals surface area contributed by atoms with E-state index in [1.165, 1.54) is 0 Å². The second-order valence-corrected chi connectivity index (χ2v) is 1.77. The molecule has 0 N–H and O–H groups in total. The van der Waals surface area contributed by atoms with Gasteiger partial charge in [0.25, 0.3) is 0 Å². The number of hydrogen-bond donors (Lipinski definition) is 0. The molecule has 1 heterocycles. The van der Waals surface area contributed by atoms with Crippen LogP contribution in [-0.2, 0) is 5.33 Å². The summed E-state index contributed by atoms with van der Waals surface area (Å²) in [5.74, 6) is 0.972. The van der Waals surface area contributed by atoms with Crippen LogP contribution in [0.3, 0.4) is 0 Å². The maximum absolute atomic E-state index is 4.94. The topological polar surface area (TPSA) is 13.1 Å². The van der Waals surface area contributed by atoms with Gasteiger partial charge in [-0.3, -0.25) is 0 Å². The van der Waals surface area contributed by atoms with E-state index >= 15 is 0 Å². The number of furan rings is 1. The third-order valence-electron chi connectivity index (χ3n) is 0.712. The van der Waals surface area contributed by atoms with E-state index in [0.717, 1.165) is 11.1 Å². The summed E-state index contributed by atoms with van der Waals surface area (Å²) in [6.45, 7) is 0. The zero-order chi connectivity index (χ0) is 5.11. The maximum atomic E-state index is 4.94. The van der Waals surface area contributed by atoms with Crippen molar-refractivity contribution in [3.05, 3.63) is 24.2 Å². The molecule has 8 heavy (non-hydrogen) atoms. The van der Waals surface area contributed by atoms with E-state index in [2.05, 4.69) is 15.9 Å². The van der Waals surface area contributed by atoms with E-state index in [1.807, 2.05) is 12.1 Å². The van der Waals surface area contributed by atoms with Crippen LogP contribution >= 0.6 is 15.9 Å². The van der Waals surface area contributed by atoms with Crippen molar-refractivity contribution >= 4 is 39.0 Å². The summed E-state index contributed by atoms with van der Waals surface area (Å²) in [5.41, 5.74) is 0. The molecule has 0 aliphatic carbocycles. The molecule has 0 fully saturated rings. The van der Waals surface area contributed by atoms with Crippen molar-refractivity contribution in [2.75, 3.05) is 0 Å². The molecular formula is C5H7BrMgO. The smallest absolute Gasteiger partial charge is 1.00 e. The molecule has 42 valence electrons. The summed E-state index contributed by atoms with van der Waals surface area (Å²) in [6.07, 6.45) is 1.66. The van der Waals surface area contributed by atoms with Crippen molar-refractivity contribution < 1.29 is 7.27 Å². The summed E-state index contributed by atoms with van der Waals surface area (Å²) in [6, 6.07) is 3.80. The van der Waals surface area contributed by atoms with Crippen LogP contribution in [0, 0.1) is 0 Å². The first kappa shape index (κ1) is 8.53. The third kappa shape index (κ3) is 2.20. The average Bonchev–Trinajstić information content (AvgIpc) is 2.14. The minimum atomic E-state index is 0. The summed E-state index contributed by atoms with van der Waals surface area (Å²) in [5, 5.41) is 0.806. The Hall–Kier alpha value is 0.526. The molecule has 0 saturated carbocycles. The Labute approximate surface area is 75.7 Å². The summed E-state index contributed by atoms with van der Waals surface area (Å²) < 4.78 is 4.94. The second kappa shape index (κ2) is 4.41.